The molecule has 0 aliphatic rings. The van der Waals surface area contributed by atoms with Crippen molar-refractivity contribution in [3.63, 3.8) is 0 Å². The molecule has 2 amide bonds. The fraction of sp³-hybridized carbons (Fsp3) is 0.176. The topological polar surface area (TPSA) is 103 Å². The number of rotatable bonds is 7. The van der Waals surface area contributed by atoms with Gasteiger partial charge in [-0.25, -0.2) is 0 Å². The van der Waals surface area contributed by atoms with Crippen molar-refractivity contribution in [1.29, 1.82) is 0 Å². The molecule has 26 heavy (non-hydrogen) atoms. The van der Waals surface area contributed by atoms with Crippen LogP contribution >= 0.6 is 23.1 Å². The van der Waals surface area contributed by atoms with Crippen LogP contribution in [-0.4, -0.2) is 32.3 Å². The minimum Gasteiger partial charge on any atom is -0.366 e. The van der Waals surface area contributed by atoms with Crippen LogP contribution in [0.2, 0.25) is 0 Å². The minimum atomic E-state index is -0.562. The molecule has 7 nitrogen and oxygen atoms in total. The molecule has 2 aromatic heterocycles. The first-order valence-electron chi connectivity index (χ1n) is 7.76. The van der Waals surface area contributed by atoms with Gasteiger partial charge >= 0.3 is 0 Å². The van der Waals surface area contributed by atoms with Crippen molar-refractivity contribution in [1.82, 2.24) is 14.8 Å². The number of thioether (sulfide) groups is 1. The van der Waals surface area contributed by atoms with Crippen LogP contribution in [-0.2, 0) is 18.3 Å². The molecule has 0 aliphatic carbocycles. The van der Waals surface area contributed by atoms with Gasteiger partial charge in [-0.3, -0.25) is 9.59 Å². The van der Waals surface area contributed by atoms with E-state index in [-0.39, 0.29) is 11.7 Å². The lowest BCUT2D eigenvalue weighted by Crippen LogP contribution is -2.18. The van der Waals surface area contributed by atoms with Crippen molar-refractivity contribution in [3.05, 3.63) is 58.7 Å². The SMILES string of the molecule is Cn1c(Cc2ccccc2)nnc1SCC(=O)Nc1sccc1C(N)=O. The number of hydrogen-bond donors (Lipinski definition) is 2. The molecule has 0 radical (unpaired) electrons. The molecule has 3 N–H and O–H groups in total. The molecule has 2 heterocycles. The Balaban J connectivity index is 1.59. The Kier molecular flexibility index (Phi) is 5.69. The summed E-state index contributed by atoms with van der Waals surface area (Å²) in [5.41, 5.74) is 6.74. The average Bonchev–Trinajstić information content (AvgIpc) is 3.22. The number of benzene rings is 1. The highest BCUT2D eigenvalue weighted by atomic mass is 32.2. The first-order valence-corrected chi connectivity index (χ1v) is 9.63. The second-order valence-corrected chi connectivity index (χ2v) is 7.34. The summed E-state index contributed by atoms with van der Waals surface area (Å²) in [6.07, 6.45) is 0.675. The van der Waals surface area contributed by atoms with Gasteiger partial charge in [-0.15, -0.1) is 21.5 Å². The van der Waals surface area contributed by atoms with Crippen molar-refractivity contribution in [2.75, 3.05) is 11.1 Å². The standard InChI is InChI=1S/C17H17N5O2S2/c1-22-13(9-11-5-3-2-4-6-11)20-21-17(22)26-10-14(23)19-16-12(15(18)24)7-8-25-16/h2-8H,9-10H2,1H3,(H2,18,24)(H,19,23). The third-order valence-corrected chi connectivity index (χ3v) is 5.50. The van der Waals surface area contributed by atoms with Crippen LogP contribution in [0.25, 0.3) is 0 Å². The Bertz CT molecular complexity index is 920. The summed E-state index contributed by atoms with van der Waals surface area (Å²) in [4.78, 5) is 23.4. The lowest BCUT2D eigenvalue weighted by atomic mass is 10.1. The molecule has 1 aromatic carbocycles. The van der Waals surface area contributed by atoms with E-state index in [1.807, 2.05) is 41.9 Å². The van der Waals surface area contributed by atoms with E-state index < -0.39 is 5.91 Å². The third-order valence-electron chi connectivity index (χ3n) is 3.65. The summed E-state index contributed by atoms with van der Waals surface area (Å²) >= 11 is 2.55. The monoisotopic (exact) mass is 387 g/mol. The van der Waals surface area contributed by atoms with Gasteiger partial charge in [0.25, 0.3) is 5.91 Å². The maximum atomic E-state index is 12.1. The summed E-state index contributed by atoms with van der Waals surface area (Å²) in [6.45, 7) is 0. The quantitative estimate of drug-likeness (QED) is 0.606. The number of carbonyl (C=O) groups excluding carboxylic acids is 2. The molecule has 3 aromatic rings. The number of nitrogens with one attached hydrogen (secondary N) is 1. The Morgan fingerprint density at radius 3 is 2.73 bits per heavy atom. The lowest BCUT2D eigenvalue weighted by Gasteiger charge is -2.05. The zero-order valence-electron chi connectivity index (χ0n) is 14.0. The summed E-state index contributed by atoms with van der Waals surface area (Å²) < 4.78 is 1.88. The fourth-order valence-electron chi connectivity index (χ4n) is 2.30. The maximum absolute atomic E-state index is 12.1. The molecule has 0 aliphatic heterocycles. The highest BCUT2D eigenvalue weighted by molar-refractivity contribution is 7.99. The fourth-order valence-corrected chi connectivity index (χ4v) is 3.83. The van der Waals surface area contributed by atoms with Crippen LogP contribution in [0.4, 0.5) is 5.00 Å². The Labute approximate surface area is 158 Å². The first-order chi connectivity index (χ1) is 12.5. The number of aromatic nitrogens is 3. The van der Waals surface area contributed by atoms with Crippen molar-refractivity contribution in [3.8, 4) is 0 Å². The minimum absolute atomic E-state index is 0.160. The first kappa shape index (κ1) is 18.2. The molecule has 134 valence electrons. The molecule has 0 unspecified atom stereocenters. The number of hydrogen-bond acceptors (Lipinski definition) is 6. The predicted octanol–water partition coefficient (Wildman–Crippen LogP) is 2.30. The van der Waals surface area contributed by atoms with Gasteiger partial charge in [0.2, 0.25) is 5.91 Å². The molecular weight excluding hydrogens is 370 g/mol. The van der Waals surface area contributed by atoms with Crippen molar-refractivity contribution < 1.29 is 9.59 Å². The summed E-state index contributed by atoms with van der Waals surface area (Å²) in [6, 6.07) is 11.6. The van der Waals surface area contributed by atoms with Crippen LogP contribution in [0.1, 0.15) is 21.7 Å². The van der Waals surface area contributed by atoms with Gasteiger partial charge < -0.3 is 15.6 Å². The molecule has 0 bridgehead atoms. The largest absolute Gasteiger partial charge is 0.366 e. The normalized spacial score (nSPS) is 10.7. The number of nitrogens with two attached hydrogens (primary N) is 1. The molecule has 0 saturated carbocycles. The van der Waals surface area contributed by atoms with Crippen molar-refractivity contribution in [2.45, 2.75) is 11.6 Å². The van der Waals surface area contributed by atoms with E-state index in [1.54, 1.807) is 11.4 Å². The summed E-state index contributed by atoms with van der Waals surface area (Å²) in [7, 11) is 1.88. The number of nitrogens with zero attached hydrogens (tertiary/aromatic N) is 3. The van der Waals surface area contributed by atoms with Crippen LogP contribution in [0, 0.1) is 0 Å². The number of thiophene rings is 1. The highest BCUT2D eigenvalue weighted by Crippen LogP contribution is 2.23. The Hall–Kier alpha value is -2.65. The van der Waals surface area contributed by atoms with Crippen molar-refractivity contribution >= 4 is 39.9 Å². The molecular formula is C17H17N5O2S2. The second-order valence-electron chi connectivity index (χ2n) is 5.48. The van der Waals surface area contributed by atoms with Gasteiger partial charge in [0.15, 0.2) is 5.16 Å². The Morgan fingerprint density at radius 2 is 2.00 bits per heavy atom. The molecule has 3 rings (SSSR count). The van der Waals surface area contributed by atoms with E-state index in [1.165, 1.54) is 23.1 Å². The summed E-state index contributed by atoms with van der Waals surface area (Å²) in [5, 5.41) is 13.9. The van der Waals surface area contributed by atoms with E-state index in [4.69, 9.17) is 5.73 Å². The van der Waals surface area contributed by atoms with Crippen LogP contribution in [0.3, 0.4) is 0 Å². The van der Waals surface area contributed by atoms with Crippen LogP contribution in [0.15, 0.2) is 46.9 Å². The van der Waals surface area contributed by atoms with E-state index in [2.05, 4.69) is 15.5 Å². The van der Waals surface area contributed by atoms with Gasteiger partial charge in [-0.05, 0) is 17.0 Å². The molecule has 0 saturated heterocycles. The molecule has 9 heteroatoms. The van der Waals surface area contributed by atoms with Crippen LogP contribution in [0.5, 0.6) is 0 Å². The van der Waals surface area contributed by atoms with Gasteiger partial charge in [0, 0.05) is 13.5 Å². The van der Waals surface area contributed by atoms with E-state index >= 15 is 0 Å². The van der Waals surface area contributed by atoms with Gasteiger partial charge in [-0.2, -0.15) is 0 Å². The number of amides is 2. The van der Waals surface area contributed by atoms with Crippen molar-refractivity contribution in [2.24, 2.45) is 12.8 Å². The summed E-state index contributed by atoms with van der Waals surface area (Å²) in [5.74, 6) is 0.196. The van der Waals surface area contributed by atoms with Gasteiger partial charge in [-0.1, -0.05) is 42.1 Å². The van der Waals surface area contributed by atoms with Gasteiger partial charge in [0.05, 0.1) is 11.3 Å². The maximum Gasteiger partial charge on any atom is 0.251 e. The van der Waals surface area contributed by atoms with Crippen LogP contribution < -0.4 is 11.1 Å². The van der Waals surface area contributed by atoms with Gasteiger partial charge in [0.1, 0.15) is 10.8 Å². The smallest absolute Gasteiger partial charge is 0.251 e. The molecule has 0 atom stereocenters. The lowest BCUT2D eigenvalue weighted by molar-refractivity contribution is -0.113. The van der Waals surface area contributed by atoms with E-state index in [9.17, 15) is 9.59 Å². The number of primary amides is 1. The third kappa shape index (κ3) is 4.30. The number of carbonyl (C=O) groups is 2. The second kappa shape index (κ2) is 8.15. The zero-order chi connectivity index (χ0) is 18.5. The molecule has 0 spiro atoms. The predicted molar refractivity (Wildman–Crippen MR) is 102 cm³/mol. The van der Waals surface area contributed by atoms with E-state index in [0.29, 0.717) is 22.1 Å². The zero-order valence-corrected chi connectivity index (χ0v) is 15.6. The average molecular weight is 387 g/mol. The van der Waals surface area contributed by atoms with E-state index in [0.717, 1.165) is 11.4 Å². The number of anilines is 1. The highest BCUT2D eigenvalue weighted by Gasteiger charge is 2.15. The Morgan fingerprint density at radius 1 is 1.23 bits per heavy atom. The molecule has 0 fully saturated rings.